The van der Waals surface area contributed by atoms with Gasteiger partial charge in [-0.3, -0.25) is 4.79 Å². The summed E-state index contributed by atoms with van der Waals surface area (Å²) in [6.07, 6.45) is 0.219. The highest BCUT2D eigenvalue weighted by atomic mass is 16.4. The Morgan fingerprint density at radius 3 is 2.55 bits per heavy atom. The van der Waals surface area contributed by atoms with E-state index in [1.807, 2.05) is 13.8 Å². The van der Waals surface area contributed by atoms with Crippen molar-refractivity contribution in [1.29, 1.82) is 0 Å². The van der Waals surface area contributed by atoms with Crippen LogP contribution in [0.5, 0.6) is 0 Å². The molecule has 0 unspecified atom stereocenters. The van der Waals surface area contributed by atoms with Crippen molar-refractivity contribution in [1.82, 2.24) is 9.55 Å². The zero-order valence-electron chi connectivity index (χ0n) is 11.3. The van der Waals surface area contributed by atoms with E-state index in [-0.39, 0.29) is 12.3 Å². The number of aromatic nitrogens is 2. The van der Waals surface area contributed by atoms with Crippen LogP contribution in [0, 0.1) is 5.92 Å². The number of hydrogen-bond acceptors (Lipinski definition) is 3. The molecule has 6 heteroatoms. The Kier molecular flexibility index (Phi) is 3.74. The number of para-hydroxylation sites is 1. The van der Waals surface area contributed by atoms with Crippen LogP contribution in [0.1, 0.15) is 26.3 Å². The van der Waals surface area contributed by atoms with Crippen molar-refractivity contribution in [3.63, 3.8) is 0 Å². The summed E-state index contributed by atoms with van der Waals surface area (Å²) in [7, 11) is 0. The molecule has 0 bridgehead atoms. The van der Waals surface area contributed by atoms with Gasteiger partial charge in [-0.1, -0.05) is 26.0 Å². The second-order valence-electron chi connectivity index (χ2n) is 5.13. The zero-order valence-corrected chi connectivity index (χ0v) is 11.3. The number of nitrogens with one attached hydrogen (secondary N) is 1. The molecular formula is C14H16N2O4. The molecule has 2 N–H and O–H groups in total. The molecule has 106 valence electrons. The van der Waals surface area contributed by atoms with Crippen molar-refractivity contribution in [2.24, 2.45) is 5.92 Å². The number of carbonyl (C=O) groups is 1. The fourth-order valence-corrected chi connectivity index (χ4v) is 2.22. The van der Waals surface area contributed by atoms with Gasteiger partial charge >= 0.3 is 11.7 Å². The highest BCUT2D eigenvalue weighted by Crippen LogP contribution is 2.15. The normalized spacial score (nSPS) is 12.8. The van der Waals surface area contributed by atoms with E-state index in [0.717, 1.165) is 4.57 Å². The van der Waals surface area contributed by atoms with E-state index < -0.39 is 23.3 Å². The van der Waals surface area contributed by atoms with E-state index in [1.54, 1.807) is 24.3 Å². The number of rotatable bonds is 4. The Balaban J connectivity index is 2.72. The van der Waals surface area contributed by atoms with Crippen LogP contribution in [0.4, 0.5) is 0 Å². The minimum atomic E-state index is -1.18. The van der Waals surface area contributed by atoms with E-state index >= 15 is 0 Å². The number of aromatic amines is 1. The Morgan fingerprint density at radius 2 is 1.95 bits per heavy atom. The van der Waals surface area contributed by atoms with E-state index in [4.69, 9.17) is 0 Å². The van der Waals surface area contributed by atoms with Gasteiger partial charge in [0.05, 0.1) is 10.9 Å². The molecular weight excluding hydrogens is 260 g/mol. The Labute approximate surface area is 114 Å². The van der Waals surface area contributed by atoms with Crippen LogP contribution in [0.15, 0.2) is 33.9 Å². The summed E-state index contributed by atoms with van der Waals surface area (Å²) in [5.41, 5.74) is -0.855. The van der Waals surface area contributed by atoms with Crippen LogP contribution in [-0.2, 0) is 4.79 Å². The summed E-state index contributed by atoms with van der Waals surface area (Å²) in [5, 5.41) is 9.59. The van der Waals surface area contributed by atoms with Crippen LogP contribution in [0.3, 0.4) is 0 Å². The highest BCUT2D eigenvalue weighted by Gasteiger charge is 2.25. The van der Waals surface area contributed by atoms with Gasteiger partial charge in [0.15, 0.2) is 0 Å². The topological polar surface area (TPSA) is 92.2 Å². The predicted octanol–water partition coefficient (Wildman–Crippen LogP) is 1.36. The number of nitrogens with zero attached hydrogens (tertiary/aromatic N) is 1. The molecule has 6 nitrogen and oxygen atoms in total. The molecule has 0 aliphatic heterocycles. The van der Waals surface area contributed by atoms with Gasteiger partial charge in [-0.15, -0.1) is 0 Å². The van der Waals surface area contributed by atoms with Crippen molar-refractivity contribution >= 4 is 16.9 Å². The van der Waals surface area contributed by atoms with Crippen molar-refractivity contribution in [2.45, 2.75) is 26.3 Å². The lowest BCUT2D eigenvalue weighted by Gasteiger charge is -2.16. The van der Waals surface area contributed by atoms with Gasteiger partial charge < -0.3 is 10.1 Å². The maximum Gasteiger partial charge on any atom is 0.329 e. The number of carboxylic acids is 1. The van der Waals surface area contributed by atoms with E-state index in [1.165, 1.54) is 0 Å². The third-order valence-electron chi connectivity index (χ3n) is 3.13. The maximum atomic E-state index is 12.4. The summed E-state index contributed by atoms with van der Waals surface area (Å²) in [6.45, 7) is 3.69. The van der Waals surface area contributed by atoms with Crippen molar-refractivity contribution in [3.05, 3.63) is 45.1 Å². The number of hydrogen-bond donors (Lipinski definition) is 2. The third-order valence-corrected chi connectivity index (χ3v) is 3.13. The molecule has 1 heterocycles. The minimum absolute atomic E-state index is 0.0499. The fourth-order valence-electron chi connectivity index (χ4n) is 2.22. The first kappa shape index (κ1) is 14.0. The molecule has 1 atom stereocenters. The van der Waals surface area contributed by atoms with Gasteiger partial charge in [0.1, 0.15) is 6.04 Å². The van der Waals surface area contributed by atoms with Gasteiger partial charge in [-0.25, -0.2) is 14.2 Å². The Morgan fingerprint density at radius 1 is 1.30 bits per heavy atom. The average Bonchev–Trinajstić information content (AvgIpc) is 2.37. The minimum Gasteiger partial charge on any atom is -0.480 e. The lowest BCUT2D eigenvalue weighted by molar-refractivity contribution is -0.141. The SMILES string of the molecule is CC(C)C[C@H](C(=O)O)n1c(=O)[nH]c2ccccc2c1=O. The van der Waals surface area contributed by atoms with Gasteiger partial charge in [-0.2, -0.15) is 0 Å². The first-order valence-corrected chi connectivity index (χ1v) is 6.38. The number of aliphatic carboxylic acids is 1. The van der Waals surface area contributed by atoms with Gasteiger partial charge in [0, 0.05) is 0 Å². The first-order chi connectivity index (χ1) is 9.41. The van der Waals surface area contributed by atoms with Crippen LogP contribution in [-0.4, -0.2) is 20.6 Å². The lowest BCUT2D eigenvalue weighted by atomic mass is 10.0. The highest BCUT2D eigenvalue weighted by molar-refractivity contribution is 5.78. The van der Waals surface area contributed by atoms with Crippen LogP contribution in [0.25, 0.3) is 10.9 Å². The van der Waals surface area contributed by atoms with Crippen molar-refractivity contribution in [3.8, 4) is 0 Å². The largest absolute Gasteiger partial charge is 0.480 e. The van der Waals surface area contributed by atoms with Crippen molar-refractivity contribution in [2.75, 3.05) is 0 Å². The summed E-state index contributed by atoms with van der Waals surface area (Å²) in [4.78, 5) is 38.3. The molecule has 20 heavy (non-hydrogen) atoms. The molecule has 0 amide bonds. The number of fused-ring (bicyclic) bond motifs is 1. The molecule has 0 fully saturated rings. The molecule has 0 aliphatic rings. The molecule has 0 spiro atoms. The zero-order chi connectivity index (χ0) is 14.9. The van der Waals surface area contributed by atoms with Gasteiger partial charge in [0.25, 0.3) is 5.56 Å². The standard InChI is InChI=1S/C14H16N2O4/c1-8(2)7-11(13(18)19)16-12(17)9-5-3-4-6-10(9)15-14(16)20/h3-6,8,11H,7H2,1-2H3,(H,15,20)(H,18,19)/t11-/m1/s1. The third kappa shape index (κ3) is 2.49. The van der Waals surface area contributed by atoms with Crippen LogP contribution in [0.2, 0.25) is 0 Å². The van der Waals surface area contributed by atoms with Crippen molar-refractivity contribution < 1.29 is 9.90 Å². The molecule has 2 aromatic rings. The Bertz CT molecular complexity index is 758. The lowest BCUT2D eigenvalue weighted by Crippen LogP contribution is -2.41. The number of benzene rings is 1. The first-order valence-electron chi connectivity index (χ1n) is 6.38. The fraction of sp³-hybridized carbons (Fsp3) is 0.357. The van der Waals surface area contributed by atoms with E-state index in [9.17, 15) is 19.5 Å². The second-order valence-corrected chi connectivity index (χ2v) is 5.13. The summed E-state index contributed by atoms with van der Waals surface area (Å²) >= 11 is 0. The van der Waals surface area contributed by atoms with Gasteiger partial charge in [-0.05, 0) is 24.5 Å². The quantitative estimate of drug-likeness (QED) is 0.882. The molecule has 1 aromatic heterocycles. The predicted molar refractivity (Wildman–Crippen MR) is 75.0 cm³/mol. The van der Waals surface area contributed by atoms with E-state index in [0.29, 0.717) is 10.9 Å². The van der Waals surface area contributed by atoms with Gasteiger partial charge in [0.2, 0.25) is 0 Å². The molecule has 2 rings (SSSR count). The molecule has 0 saturated carbocycles. The summed E-state index contributed by atoms with van der Waals surface area (Å²) in [5.74, 6) is -1.13. The summed E-state index contributed by atoms with van der Waals surface area (Å²) in [6, 6.07) is 5.39. The number of carboxylic acid groups (broad SMARTS) is 1. The molecule has 0 aliphatic carbocycles. The number of H-pyrrole nitrogens is 1. The van der Waals surface area contributed by atoms with Crippen LogP contribution < -0.4 is 11.2 Å². The second kappa shape index (κ2) is 5.32. The molecule has 1 aromatic carbocycles. The summed E-state index contributed by atoms with van der Waals surface area (Å²) < 4.78 is 0.796. The molecule has 0 saturated heterocycles. The maximum absolute atomic E-state index is 12.4. The van der Waals surface area contributed by atoms with E-state index in [2.05, 4.69) is 4.98 Å². The monoisotopic (exact) mass is 276 g/mol. The molecule has 0 radical (unpaired) electrons. The smallest absolute Gasteiger partial charge is 0.329 e. The average molecular weight is 276 g/mol. The Hall–Kier alpha value is -2.37. The van der Waals surface area contributed by atoms with Crippen LogP contribution >= 0.6 is 0 Å².